The lowest BCUT2D eigenvalue weighted by Crippen LogP contribution is -2.46. The van der Waals surface area contributed by atoms with E-state index < -0.39 is 6.09 Å². The third-order valence-electron chi connectivity index (χ3n) is 3.69. The van der Waals surface area contributed by atoms with Crippen LogP contribution in [0.2, 0.25) is 0 Å². The molecular formula is C16H26N4O2. The fourth-order valence-corrected chi connectivity index (χ4v) is 2.34. The van der Waals surface area contributed by atoms with Crippen LogP contribution in [0.1, 0.15) is 20.8 Å². The molecule has 6 nitrogen and oxygen atoms in total. The summed E-state index contributed by atoms with van der Waals surface area (Å²) in [5.41, 5.74) is 0.657. The number of amides is 1. The van der Waals surface area contributed by atoms with E-state index in [2.05, 4.69) is 27.0 Å². The minimum Gasteiger partial charge on any atom is -0.449 e. The third kappa shape index (κ3) is 4.87. The molecule has 0 saturated carbocycles. The predicted octanol–water partition coefficient (Wildman–Crippen LogP) is 2.43. The SMILES string of the molecule is CCN1CCN(c2ccc(NC(=O)OCC(C)C)cn2)CC1. The first-order valence-electron chi connectivity index (χ1n) is 7.95. The monoisotopic (exact) mass is 306 g/mol. The molecule has 0 atom stereocenters. The van der Waals surface area contributed by atoms with Crippen LogP contribution in [0, 0.1) is 5.92 Å². The summed E-state index contributed by atoms with van der Waals surface area (Å²) in [7, 11) is 0. The number of carbonyl (C=O) groups excluding carboxylic acids is 1. The molecule has 6 heteroatoms. The number of rotatable bonds is 5. The Morgan fingerprint density at radius 2 is 2.05 bits per heavy atom. The molecule has 1 aromatic rings. The van der Waals surface area contributed by atoms with Crippen molar-refractivity contribution in [3.8, 4) is 0 Å². The van der Waals surface area contributed by atoms with E-state index in [0.29, 0.717) is 18.2 Å². The van der Waals surface area contributed by atoms with E-state index in [1.807, 2.05) is 26.0 Å². The molecule has 2 rings (SSSR count). The number of hydrogen-bond donors (Lipinski definition) is 1. The van der Waals surface area contributed by atoms with Crippen LogP contribution in [0.4, 0.5) is 16.3 Å². The second-order valence-corrected chi connectivity index (χ2v) is 5.94. The molecule has 1 saturated heterocycles. The highest BCUT2D eigenvalue weighted by Gasteiger charge is 2.16. The Labute approximate surface area is 132 Å². The Morgan fingerprint density at radius 1 is 1.32 bits per heavy atom. The van der Waals surface area contributed by atoms with Gasteiger partial charge in [0.25, 0.3) is 0 Å². The van der Waals surface area contributed by atoms with Crippen molar-refractivity contribution in [1.82, 2.24) is 9.88 Å². The van der Waals surface area contributed by atoms with Crippen LogP contribution in [0.3, 0.4) is 0 Å². The van der Waals surface area contributed by atoms with Gasteiger partial charge in [0.05, 0.1) is 18.5 Å². The molecule has 1 aliphatic heterocycles. The lowest BCUT2D eigenvalue weighted by atomic mass is 10.2. The van der Waals surface area contributed by atoms with Crippen LogP contribution in [0.5, 0.6) is 0 Å². The Kier molecular flexibility index (Phi) is 6.00. The summed E-state index contributed by atoms with van der Waals surface area (Å²) in [4.78, 5) is 20.7. The molecule has 1 amide bonds. The number of piperazine rings is 1. The summed E-state index contributed by atoms with van der Waals surface area (Å²) in [6, 6.07) is 3.81. The third-order valence-corrected chi connectivity index (χ3v) is 3.69. The Hall–Kier alpha value is -1.82. The molecule has 0 unspecified atom stereocenters. The van der Waals surface area contributed by atoms with Crippen molar-refractivity contribution < 1.29 is 9.53 Å². The van der Waals surface area contributed by atoms with Gasteiger partial charge in [-0.15, -0.1) is 0 Å². The molecule has 1 aromatic heterocycles. The first-order valence-corrected chi connectivity index (χ1v) is 7.95. The first-order chi connectivity index (χ1) is 10.6. The largest absolute Gasteiger partial charge is 0.449 e. The Morgan fingerprint density at radius 3 is 2.59 bits per heavy atom. The summed E-state index contributed by atoms with van der Waals surface area (Å²) in [5.74, 6) is 1.28. The number of anilines is 2. The molecule has 1 aliphatic rings. The highest BCUT2D eigenvalue weighted by molar-refractivity contribution is 5.84. The van der Waals surface area contributed by atoms with Gasteiger partial charge in [0.1, 0.15) is 5.82 Å². The maximum absolute atomic E-state index is 11.6. The highest BCUT2D eigenvalue weighted by Crippen LogP contribution is 2.16. The van der Waals surface area contributed by atoms with E-state index in [0.717, 1.165) is 38.5 Å². The van der Waals surface area contributed by atoms with Crippen molar-refractivity contribution in [2.75, 3.05) is 49.5 Å². The number of carbonyl (C=O) groups is 1. The van der Waals surface area contributed by atoms with Gasteiger partial charge in [0.2, 0.25) is 0 Å². The van der Waals surface area contributed by atoms with Crippen molar-refractivity contribution in [2.45, 2.75) is 20.8 Å². The van der Waals surface area contributed by atoms with E-state index in [4.69, 9.17) is 4.74 Å². The predicted molar refractivity (Wildman–Crippen MR) is 88.4 cm³/mol. The van der Waals surface area contributed by atoms with Crippen LogP contribution in [0.25, 0.3) is 0 Å². The molecule has 0 bridgehead atoms. The molecular weight excluding hydrogens is 280 g/mol. The average Bonchev–Trinajstić information content (AvgIpc) is 2.54. The fraction of sp³-hybridized carbons (Fsp3) is 0.625. The number of nitrogens with zero attached hydrogens (tertiary/aromatic N) is 3. The summed E-state index contributed by atoms with van der Waals surface area (Å²) in [5, 5.41) is 2.69. The van der Waals surface area contributed by atoms with E-state index in [-0.39, 0.29) is 0 Å². The van der Waals surface area contributed by atoms with Gasteiger partial charge in [0, 0.05) is 26.2 Å². The van der Waals surface area contributed by atoms with Gasteiger partial charge in [-0.3, -0.25) is 5.32 Å². The van der Waals surface area contributed by atoms with Crippen LogP contribution < -0.4 is 10.2 Å². The second-order valence-electron chi connectivity index (χ2n) is 5.94. The minimum atomic E-state index is -0.431. The second kappa shape index (κ2) is 7.98. The van der Waals surface area contributed by atoms with Gasteiger partial charge in [-0.25, -0.2) is 9.78 Å². The zero-order chi connectivity index (χ0) is 15.9. The quantitative estimate of drug-likeness (QED) is 0.905. The van der Waals surface area contributed by atoms with E-state index >= 15 is 0 Å². The van der Waals surface area contributed by atoms with Crippen LogP contribution in [-0.4, -0.2) is 55.3 Å². The average molecular weight is 306 g/mol. The van der Waals surface area contributed by atoms with Crippen molar-refractivity contribution in [3.05, 3.63) is 18.3 Å². The summed E-state index contributed by atoms with van der Waals surface area (Å²) in [6.07, 6.45) is 1.25. The van der Waals surface area contributed by atoms with Gasteiger partial charge in [-0.05, 0) is 24.6 Å². The Bertz CT molecular complexity index is 468. The standard InChI is InChI=1S/C16H26N4O2/c1-4-19-7-9-20(10-8-19)15-6-5-14(11-17-15)18-16(21)22-12-13(2)3/h5-6,11,13H,4,7-10,12H2,1-3H3,(H,18,21). The number of hydrogen-bond acceptors (Lipinski definition) is 5. The molecule has 1 N–H and O–H groups in total. The zero-order valence-electron chi connectivity index (χ0n) is 13.7. The number of nitrogens with one attached hydrogen (secondary N) is 1. The van der Waals surface area contributed by atoms with Crippen molar-refractivity contribution in [3.63, 3.8) is 0 Å². The number of ether oxygens (including phenoxy) is 1. The number of likely N-dealkylation sites (N-methyl/N-ethyl adjacent to an activating group) is 1. The van der Waals surface area contributed by atoms with E-state index in [9.17, 15) is 4.79 Å². The van der Waals surface area contributed by atoms with Crippen LogP contribution in [-0.2, 0) is 4.74 Å². The minimum absolute atomic E-state index is 0.327. The van der Waals surface area contributed by atoms with E-state index in [1.54, 1.807) is 6.20 Å². The van der Waals surface area contributed by atoms with Gasteiger partial charge >= 0.3 is 6.09 Å². The van der Waals surface area contributed by atoms with Crippen molar-refractivity contribution in [2.24, 2.45) is 5.92 Å². The normalized spacial score (nSPS) is 15.9. The van der Waals surface area contributed by atoms with Gasteiger partial charge in [-0.2, -0.15) is 0 Å². The van der Waals surface area contributed by atoms with Gasteiger partial charge < -0.3 is 14.5 Å². The molecule has 22 heavy (non-hydrogen) atoms. The van der Waals surface area contributed by atoms with Crippen LogP contribution >= 0.6 is 0 Å². The smallest absolute Gasteiger partial charge is 0.411 e. The number of pyridine rings is 1. The molecule has 0 spiro atoms. The van der Waals surface area contributed by atoms with Gasteiger partial charge in [0.15, 0.2) is 0 Å². The van der Waals surface area contributed by atoms with Crippen molar-refractivity contribution >= 4 is 17.6 Å². The van der Waals surface area contributed by atoms with Gasteiger partial charge in [-0.1, -0.05) is 20.8 Å². The maximum Gasteiger partial charge on any atom is 0.411 e. The molecule has 0 aliphatic carbocycles. The van der Waals surface area contributed by atoms with E-state index in [1.165, 1.54) is 0 Å². The highest BCUT2D eigenvalue weighted by atomic mass is 16.5. The Balaban J connectivity index is 1.84. The molecule has 2 heterocycles. The summed E-state index contributed by atoms with van der Waals surface area (Å²) >= 11 is 0. The number of aromatic nitrogens is 1. The summed E-state index contributed by atoms with van der Waals surface area (Å²) < 4.78 is 5.08. The fourth-order valence-electron chi connectivity index (χ4n) is 2.34. The lowest BCUT2D eigenvalue weighted by Gasteiger charge is -2.34. The lowest BCUT2D eigenvalue weighted by molar-refractivity contribution is 0.147. The first kappa shape index (κ1) is 16.5. The maximum atomic E-state index is 11.6. The summed E-state index contributed by atoms with van der Waals surface area (Å²) in [6.45, 7) is 11.8. The zero-order valence-corrected chi connectivity index (χ0v) is 13.7. The molecule has 0 radical (unpaired) electrons. The molecule has 0 aromatic carbocycles. The molecule has 1 fully saturated rings. The molecule has 122 valence electrons. The van der Waals surface area contributed by atoms with Crippen molar-refractivity contribution in [1.29, 1.82) is 0 Å². The van der Waals surface area contributed by atoms with Crippen LogP contribution in [0.15, 0.2) is 18.3 Å². The topological polar surface area (TPSA) is 57.7 Å².